The third-order valence-electron chi connectivity index (χ3n) is 10.0. The minimum Gasteiger partial charge on any atom is -0.456 e. The van der Waals surface area contributed by atoms with E-state index in [1.54, 1.807) is 11.3 Å². The molecule has 0 aliphatic rings. The van der Waals surface area contributed by atoms with Crippen molar-refractivity contribution in [1.82, 2.24) is 29.9 Å². The zero-order valence-electron chi connectivity index (χ0n) is 29.7. The molecule has 0 saturated carbocycles. The molecule has 0 unspecified atom stereocenters. The molecule has 0 bridgehead atoms. The molecule has 0 aliphatic heterocycles. The van der Waals surface area contributed by atoms with Crippen LogP contribution in [0, 0.1) is 0 Å². The number of benzene rings is 7. The summed E-state index contributed by atoms with van der Waals surface area (Å²) in [6, 6.07) is 57.0. The molecule has 7 aromatic carbocycles. The number of hydrogen-bond acceptors (Lipinski definition) is 8. The molecule has 0 amide bonds. The highest BCUT2D eigenvalue weighted by atomic mass is 32.1. The van der Waals surface area contributed by atoms with E-state index in [0.717, 1.165) is 75.5 Å². The van der Waals surface area contributed by atoms with E-state index in [-0.39, 0.29) is 0 Å². The number of para-hydroxylation sites is 1. The summed E-state index contributed by atoms with van der Waals surface area (Å²) >= 11 is 1.72. The molecule has 11 aromatic rings. The first kappa shape index (κ1) is 32.0. The van der Waals surface area contributed by atoms with Crippen LogP contribution in [0.3, 0.4) is 0 Å². The molecule has 4 heterocycles. The Morgan fingerprint density at radius 3 is 1.38 bits per heavy atom. The monoisotopic (exact) mass is 736 g/mol. The fourth-order valence-corrected chi connectivity index (χ4v) is 8.67. The van der Waals surface area contributed by atoms with Gasteiger partial charge >= 0.3 is 0 Å². The number of thiophene rings is 1. The number of furan rings is 1. The molecule has 0 atom stereocenters. The van der Waals surface area contributed by atoms with E-state index in [0.29, 0.717) is 34.9 Å². The van der Waals surface area contributed by atoms with Crippen LogP contribution in [0.2, 0.25) is 0 Å². The molecular weight excluding hydrogens is 709 g/mol. The second-order valence-corrected chi connectivity index (χ2v) is 14.5. The molecule has 56 heavy (non-hydrogen) atoms. The number of hydrogen-bond donors (Lipinski definition) is 0. The topological polar surface area (TPSA) is 90.5 Å². The van der Waals surface area contributed by atoms with E-state index in [4.69, 9.17) is 34.3 Å². The van der Waals surface area contributed by atoms with Gasteiger partial charge in [0.25, 0.3) is 0 Å². The third kappa shape index (κ3) is 5.42. The zero-order chi connectivity index (χ0) is 37.0. The van der Waals surface area contributed by atoms with Crippen LogP contribution < -0.4 is 0 Å². The Balaban J connectivity index is 1.14. The van der Waals surface area contributed by atoms with Crippen LogP contribution in [0.25, 0.3) is 110 Å². The maximum atomic E-state index is 6.27. The van der Waals surface area contributed by atoms with Crippen LogP contribution in [0.5, 0.6) is 0 Å². The van der Waals surface area contributed by atoms with Crippen molar-refractivity contribution in [2.45, 2.75) is 0 Å². The first-order valence-corrected chi connectivity index (χ1v) is 19.1. The van der Waals surface area contributed by atoms with Crippen molar-refractivity contribution in [3.63, 3.8) is 0 Å². The average Bonchev–Trinajstić information content (AvgIpc) is 3.86. The van der Waals surface area contributed by atoms with E-state index in [1.165, 1.54) is 0 Å². The van der Waals surface area contributed by atoms with Gasteiger partial charge in [-0.2, -0.15) is 0 Å². The van der Waals surface area contributed by atoms with E-state index in [9.17, 15) is 0 Å². The van der Waals surface area contributed by atoms with Gasteiger partial charge in [-0.1, -0.05) is 146 Å². The maximum absolute atomic E-state index is 6.27. The van der Waals surface area contributed by atoms with E-state index in [1.807, 2.05) is 121 Å². The lowest BCUT2D eigenvalue weighted by molar-refractivity contribution is 0.669. The highest BCUT2D eigenvalue weighted by Gasteiger charge is 2.22. The second-order valence-electron chi connectivity index (χ2n) is 13.5. The quantitative estimate of drug-likeness (QED) is 0.168. The van der Waals surface area contributed by atoms with Gasteiger partial charge in [-0.25, -0.2) is 29.9 Å². The summed E-state index contributed by atoms with van der Waals surface area (Å²) in [7, 11) is 0. The normalized spacial score (nSPS) is 11.6. The summed E-state index contributed by atoms with van der Waals surface area (Å²) in [6.07, 6.45) is 0. The highest BCUT2D eigenvalue weighted by Crippen LogP contribution is 2.44. The third-order valence-corrected chi connectivity index (χ3v) is 11.2. The lowest BCUT2D eigenvalue weighted by Gasteiger charge is -2.10. The molecule has 0 aliphatic carbocycles. The van der Waals surface area contributed by atoms with Crippen LogP contribution >= 0.6 is 11.3 Å². The first-order chi connectivity index (χ1) is 27.7. The smallest absolute Gasteiger partial charge is 0.165 e. The fourth-order valence-electron chi connectivity index (χ4n) is 7.43. The molecule has 0 N–H and O–H groups in total. The van der Waals surface area contributed by atoms with Crippen LogP contribution in [-0.2, 0) is 0 Å². The maximum Gasteiger partial charge on any atom is 0.165 e. The Kier molecular flexibility index (Phi) is 7.53. The molecule has 0 fully saturated rings. The van der Waals surface area contributed by atoms with Crippen molar-refractivity contribution in [2.75, 3.05) is 0 Å². The van der Waals surface area contributed by atoms with E-state index < -0.39 is 0 Å². The zero-order valence-corrected chi connectivity index (χ0v) is 30.5. The van der Waals surface area contributed by atoms with Crippen molar-refractivity contribution in [2.24, 2.45) is 0 Å². The van der Waals surface area contributed by atoms with Gasteiger partial charge in [-0.3, -0.25) is 0 Å². The number of nitrogens with zero attached hydrogens (tertiary/aromatic N) is 6. The Hall–Kier alpha value is -7.42. The van der Waals surface area contributed by atoms with Gasteiger partial charge in [0.2, 0.25) is 0 Å². The lowest BCUT2D eigenvalue weighted by atomic mass is 10.0. The number of aromatic nitrogens is 6. The molecule has 7 nitrogen and oxygen atoms in total. The van der Waals surface area contributed by atoms with Gasteiger partial charge in [0.05, 0.1) is 0 Å². The Labute approximate surface area is 324 Å². The SMILES string of the molecule is c1ccc(-c2nc(-c3ccccc3)nc(-c3cccc4c3sc3cccc(-c5nc(-c6ccccc6)nc(-c6cccc7oc8ccccc8c67)n5)c34)n2)cc1. The average molecular weight is 737 g/mol. The number of rotatable bonds is 6. The summed E-state index contributed by atoms with van der Waals surface area (Å²) in [6.45, 7) is 0. The van der Waals surface area contributed by atoms with Gasteiger partial charge in [0, 0.05) is 64.3 Å². The van der Waals surface area contributed by atoms with Gasteiger partial charge in [-0.15, -0.1) is 11.3 Å². The van der Waals surface area contributed by atoms with Crippen LogP contribution in [-0.4, -0.2) is 29.9 Å². The van der Waals surface area contributed by atoms with Crippen molar-refractivity contribution in [3.05, 3.63) is 170 Å². The molecular formula is C48H28N6OS. The first-order valence-electron chi connectivity index (χ1n) is 18.3. The van der Waals surface area contributed by atoms with Crippen molar-refractivity contribution in [3.8, 4) is 68.3 Å². The highest BCUT2D eigenvalue weighted by molar-refractivity contribution is 7.26. The Bertz CT molecular complexity index is 3200. The minimum atomic E-state index is 0.579. The fraction of sp³-hybridized carbons (Fsp3) is 0. The summed E-state index contributed by atoms with van der Waals surface area (Å²) in [5.41, 5.74) is 7.11. The van der Waals surface area contributed by atoms with E-state index in [2.05, 4.69) is 48.5 Å². The van der Waals surface area contributed by atoms with Gasteiger partial charge in [0.1, 0.15) is 11.2 Å². The molecule has 0 radical (unpaired) electrons. The minimum absolute atomic E-state index is 0.579. The van der Waals surface area contributed by atoms with Crippen molar-refractivity contribution < 1.29 is 4.42 Å². The molecule has 11 rings (SSSR count). The summed E-state index contributed by atoms with van der Waals surface area (Å²) in [5, 5.41) is 4.14. The molecule has 4 aromatic heterocycles. The predicted octanol–water partition coefficient (Wildman–Crippen LogP) is 12.3. The molecule has 262 valence electrons. The lowest BCUT2D eigenvalue weighted by Crippen LogP contribution is -2.00. The summed E-state index contributed by atoms with van der Waals surface area (Å²) in [5.74, 6) is 3.63. The molecule has 0 spiro atoms. The standard InChI is InChI=1S/C48H28N6OS/c1-4-15-29(16-5-1)43-49-44(30-17-6-2-7-18-30)53-48(52-43)36-25-12-22-33-41-35(24-14-28-39(41)56-42(33)36)47-51-45(31-19-8-3-9-20-31)50-46(54-47)34-23-13-27-38-40(34)32-21-10-11-26-37(32)55-38/h1-28H. The molecule has 8 heteroatoms. The van der Waals surface area contributed by atoms with Gasteiger partial charge < -0.3 is 4.42 Å². The van der Waals surface area contributed by atoms with Crippen LogP contribution in [0.15, 0.2) is 174 Å². The summed E-state index contributed by atoms with van der Waals surface area (Å²) < 4.78 is 8.45. The summed E-state index contributed by atoms with van der Waals surface area (Å²) in [4.78, 5) is 30.6. The second kappa shape index (κ2) is 13.2. The van der Waals surface area contributed by atoms with Crippen molar-refractivity contribution in [1.29, 1.82) is 0 Å². The predicted molar refractivity (Wildman–Crippen MR) is 226 cm³/mol. The van der Waals surface area contributed by atoms with Crippen LogP contribution in [0.1, 0.15) is 0 Å². The van der Waals surface area contributed by atoms with Gasteiger partial charge in [-0.05, 0) is 24.3 Å². The van der Waals surface area contributed by atoms with Crippen LogP contribution in [0.4, 0.5) is 0 Å². The largest absolute Gasteiger partial charge is 0.456 e. The Morgan fingerprint density at radius 1 is 0.321 bits per heavy atom. The van der Waals surface area contributed by atoms with Gasteiger partial charge in [0.15, 0.2) is 34.9 Å². The number of fused-ring (bicyclic) bond motifs is 6. The Morgan fingerprint density at radius 2 is 0.750 bits per heavy atom. The van der Waals surface area contributed by atoms with Crippen molar-refractivity contribution >= 4 is 53.4 Å². The van der Waals surface area contributed by atoms with E-state index >= 15 is 0 Å². The molecule has 0 saturated heterocycles.